The number of sulfonamides is 1. The summed E-state index contributed by atoms with van der Waals surface area (Å²) in [6.07, 6.45) is -1.72. The molecule has 0 saturated carbocycles. The molecule has 0 amide bonds. The number of halogens is 3. The Morgan fingerprint density at radius 1 is 1.23 bits per heavy atom. The maximum atomic E-state index is 13.0. The first-order valence-corrected chi connectivity index (χ1v) is 14.8. The number of hydrogen-bond donors (Lipinski definition) is 3. The zero-order valence-electron chi connectivity index (χ0n) is 20.6. The van der Waals surface area contributed by atoms with Crippen LogP contribution in [0.3, 0.4) is 0 Å². The topological polar surface area (TPSA) is 127 Å². The molecule has 0 unspecified atom stereocenters. The Balaban J connectivity index is 0.000000448. The molecule has 0 aliphatic carbocycles. The molecule has 0 spiro atoms. The van der Waals surface area contributed by atoms with Gasteiger partial charge in [0, 0.05) is 43.1 Å². The lowest BCUT2D eigenvalue weighted by atomic mass is 10.1. The Kier molecular flexibility index (Phi) is 8.66. The number of carbonyl (C=O) groups is 1. The van der Waals surface area contributed by atoms with Crippen LogP contribution >= 0.6 is 22.7 Å². The average molecular weight is 603 g/mol. The highest BCUT2D eigenvalue weighted by atomic mass is 32.2. The maximum absolute atomic E-state index is 13.0. The smallest absolute Gasteiger partial charge is 0.475 e. The molecule has 0 radical (unpaired) electrons. The molecule has 3 aromatic heterocycles. The normalized spacial score (nSPS) is 15.2. The number of likely N-dealkylation sites (tertiary alicyclic amines) is 1. The summed E-state index contributed by atoms with van der Waals surface area (Å²) in [5.41, 5.74) is 2.25. The highest BCUT2D eigenvalue weighted by Gasteiger charge is 2.38. The van der Waals surface area contributed by atoms with Crippen molar-refractivity contribution >= 4 is 55.3 Å². The number of aromatic nitrogens is 2. The van der Waals surface area contributed by atoms with Crippen LogP contribution < -0.4 is 4.31 Å². The van der Waals surface area contributed by atoms with Crippen LogP contribution in [-0.2, 0) is 21.4 Å². The minimum Gasteiger partial charge on any atom is -0.475 e. The van der Waals surface area contributed by atoms with E-state index in [4.69, 9.17) is 9.90 Å². The number of piperidine rings is 1. The molecule has 9 nitrogen and oxygen atoms in total. The number of thiazole rings is 1. The van der Waals surface area contributed by atoms with Crippen LogP contribution in [0, 0.1) is 0 Å². The van der Waals surface area contributed by atoms with Gasteiger partial charge in [-0.15, -0.1) is 22.7 Å². The first-order valence-electron chi connectivity index (χ1n) is 11.7. The number of rotatable bonds is 6. The van der Waals surface area contributed by atoms with Crippen molar-refractivity contribution in [1.29, 1.82) is 0 Å². The molecule has 1 aromatic carbocycles. The molecule has 1 saturated heterocycles. The van der Waals surface area contributed by atoms with E-state index in [2.05, 4.69) is 14.9 Å². The molecule has 5 rings (SSSR count). The van der Waals surface area contributed by atoms with Crippen LogP contribution in [0.4, 0.5) is 18.9 Å². The number of anilines is 1. The van der Waals surface area contributed by atoms with Crippen LogP contribution in [0.25, 0.3) is 21.6 Å². The molecular formula is C24H25F3N4O5S3. The van der Waals surface area contributed by atoms with E-state index in [0.717, 1.165) is 54.1 Å². The van der Waals surface area contributed by atoms with Gasteiger partial charge in [0.05, 0.1) is 23.0 Å². The molecule has 39 heavy (non-hydrogen) atoms. The summed E-state index contributed by atoms with van der Waals surface area (Å²) in [7, 11) is -2.03. The van der Waals surface area contributed by atoms with Gasteiger partial charge in [-0.2, -0.15) is 13.2 Å². The molecule has 0 bridgehead atoms. The summed E-state index contributed by atoms with van der Waals surface area (Å²) in [4.78, 5) is 20.4. The van der Waals surface area contributed by atoms with Crippen LogP contribution in [-0.4, -0.2) is 71.9 Å². The first-order chi connectivity index (χ1) is 18.4. The average Bonchev–Trinajstić information content (AvgIpc) is 3.65. The second-order valence-corrected chi connectivity index (χ2v) is 13.0. The summed E-state index contributed by atoms with van der Waals surface area (Å²) < 4.78 is 59.4. The lowest BCUT2D eigenvalue weighted by molar-refractivity contribution is -0.192. The van der Waals surface area contributed by atoms with Crippen LogP contribution in [0.2, 0.25) is 0 Å². The fraction of sp³-hybridized carbons (Fsp3) is 0.333. The lowest BCUT2D eigenvalue weighted by Gasteiger charge is -2.28. The van der Waals surface area contributed by atoms with Gasteiger partial charge in [0.2, 0.25) is 0 Å². The standard InChI is InChI=1S/C22H24N4O3S3.C2HF3O2/c1-25(32(28,29)20-6-3-11-30-20)19-5-2-4-15-12-18(24-21(15)19)22-23-13-17(31-22)14-26-9-7-16(27)8-10-26;3-2(4,5)1(6)7/h2-6,11-13,16,24,27H,7-10,14H2,1H3;(H,6,7). The number of H-pyrrole nitrogens is 1. The van der Waals surface area contributed by atoms with Crippen molar-refractivity contribution in [1.82, 2.24) is 14.9 Å². The van der Waals surface area contributed by atoms with E-state index in [1.54, 1.807) is 35.9 Å². The number of aromatic amines is 1. The van der Waals surface area contributed by atoms with Crippen molar-refractivity contribution in [2.75, 3.05) is 24.4 Å². The SMILES string of the molecule is CN(c1cccc2cc(-c3ncc(CN4CCC(O)CC4)s3)[nH]c12)S(=O)(=O)c1cccs1.O=C(O)C(F)(F)F. The number of aliphatic carboxylic acids is 1. The fourth-order valence-corrected chi connectivity index (χ4v) is 7.29. The highest BCUT2D eigenvalue weighted by molar-refractivity contribution is 7.94. The Labute approximate surface area is 230 Å². The van der Waals surface area contributed by atoms with Gasteiger partial charge in [-0.25, -0.2) is 18.2 Å². The van der Waals surface area contributed by atoms with Gasteiger partial charge in [0.15, 0.2) is 0 Å². The molecule has 1 fully saturated rings. The lowest BCUT2D eigenvalue weighted by Crippen LogP contribution is -2.35. The highest BCUT2D eigenvalue weighted by Crippen LogP contribution is 2.35. The number of nitrogens with zero attached hydrogens (tertiary/aromatic N) is 3. The minimum atomic E-state index is -5.08. The van der Waals surface area contributed by atoms with Gasteiger partial charge in [0.25, 0.3) is 10.0 Å². The Morgan fingerprint density at radius 3 is 2.54 bits per heavy atom. The maximum Gasteiger partial charge on any atom is 0.490 e. The van der Waals surface area contributed by atoms with E-state index in [1.807, 2.05) is 30.5 Å². The number of alkyl halides is 3. The number of aliphatic hydroxyl groups is 1. The number of hydrogen-bond acceptors (Lipinski definition) is 8. The van der Waals surface area contributed by atoms with Crippen LogP contribution in [0.1, 0.15) is 17.7 Å². The third-order valence-corrected chi connectivity index (χ3v) is 10.2. The monoisotopic (exact) mass is 602 g/mol. The van der Waals surface area contributed by atoms with E-state index in [0.29, 0.717) is 9.90 Å². The van der Waals surface area contributed by atoms with Gasteiger partial charge in [-0.05, 0) is 36.4 Å². The van der Waals surface area contributed by atoms with Gasteiger partial charge >= 0.3 is 12.1 Å². The Hall–Kier alpha value is -2.98. The van der Waals surface area contributed by atoms with Crippen molar-refractivity contribution in [3.05, 3.63) is 52.9 Å². The predicted octanol–water partition coefficient (Wildman–Crippen LogP) is 4.77. The fourth-order valence-electron chi connectivity index (χ4n) is 4.00. The zero-order chi connectivity index (χ0) is 28.4. The van der Waals surface area contributed by atoms with Gasteiger partial charge in [-0.1, -0.05) is 18.2 Å². The van der Waals surface area contributed by atoms with E-state index < -0.39 is 22.2 Å². The van der Waals surface area contributed by atoms with E-state index in [-0.39, 0.29) is 6.10 Å². The summed E-state index contributed by atoms with van der Waals surface area (Å²) in [6.45, 7) is 2.63. The van der Waals surface area contributed by atoms with Crippen molar-refractivity contribution in [3.63, 3.8) is 0 Å². The van der Waals surface area contributed by atoms with Gasteiger partial charge in [-0.3, -0.25) is 9.21 Å². The Morgan fingerprint density at radius 2 is 1.92 bits per heavy atom. The van der Waals surface area contributed by atoms with E-state index in [9.17, 15) is 26.7 Å². The van der Waals surface area contributed by atoms with Crippen molar-refractivity contribution in [2.45, 2.75) is 35.9 Å². The van der Waals surface area contributed by atoms with Crippen molar-refractivity contribution in [3.8, 4) is 10.7 Å². The molecule has 4 heterocycles. The summed E-state index contributed by atoms with van der Waals surface area (Å²) in [5, 5.41) is 20.4. The first kappa shape index (κ1) is 29.0. The molecule has 1 aliphatic rings. The number of para-hydroxylation sites is 1. The Bertz CT molecular complexity index is 1530. The molecule has 4 aromatic rings. The van der Waals surface area contributed by atoms with Crippen molar-refractivity contribution in [2.24, 2.45) is 0 Å². The minimum absolute atomic E-state index is 0.175. The second-order valence-electron chi connectivity index (χ2n) is 8.77. The number of nitrogens with one attached hydrogen (secondary N) is 1. The molecule has 210 valence electrons. The van der Waals surface area contributed by atoms with E-state index >= 15 is 0 Å². The number of carboxylic acids is 1. The van der Waals surface area contributed by atoms with Gasteiger partial charge < -0.3 is 15.2 Å². The summed E-state index contributed by atoms with van der Waals surface area (Å²) >= 11 is 2.85. The zero-order valence-corrected chi connectivity index (χ0v) is 23.0. The number of aliphatic hydroxyl groups excluding tert-OH is 1. The number of carboxylic acid groups (broad SMARTS) is 1. The van der Waals surface area contributed by atoms with Crippen molar-refractivity contribution < 1.29 is 36.6 Å². The third kappa shape index (κ3) is 6.78. The largest absolute Gasteiger partial charge is 0.490 e. The number of fused-ring (bicyclic) bond motifs is 1. The number of thiophene rings is 1. The molecular weight excluding hydrogens is 577 g/mol. The predicted molar refractivity (Wildman–Crippen MR) is 144 cm³/mol. The summed E-state index contributed by atoms with van der Waals surface area (Å²) in [5.74, 6) is -2.76. The molecule has 3 N–H and O–H groups in total. The van der Waals surface area contributed by atoms with E-state index in [1.165, 1.54) is 20.5 Å². The quantitative estimate of drug-likeness (QED) is 0.290. The molecule has 0 atom stereocenters. The second kappa shape index (κ2) is 11.6. The molecule has 15 heteroatoms. The third-order valence-electron chi connectivity index (χ3n) is 6.05. The molecule has 1 aliphatic heterocycles. The van der Waals surface area contributed by atoms with Gasteiger partial charge in [0.1, 0.15) is 9.22 Å². The number of benzene rings is 1. The van der Waals surface area contributed by atoms with Crippen LogP contribution in [0.5, 0.6) is 0 Å². The van der Waals surface area contributed by atoms with Crippen LogP contribution in [0.15, 0.2) is 52.2 Å². The summed E-state index contributed by atoms with van der Waals surface area (Å²) in [6, 6.07) is 11.0.